The molecule has 7 atom stereocenters. The van der Waals surface area contributed by atoms with E-state index in [1.165, 1.54) is 4.90 Å². The summed E-state index contributed by atoms with van der Waals surface area (Å²) in [5, 5.41) is 14.1. The van der Waals surface area contributed by atoms with Gasteiger partial charge in [0.05, 0.1) is 32.5 Å². The minimum atomic E-state index is -4.20. The SMILES string of the molecule is COc1cnc(O[C@@H]2C[C@H]3C(=O)N[C@]4(C(=O)NS(=O)(=O)C5(CO)CC5)C[C@H]4C=CCC[C@H](C)C[C@@H](C)[C@H](N)C(=O)N3C2)c2ccccc12. The van der Waals surface area contributed by atoms with Crippen LogP contribution in [0.2, 0.25) is 0 Å². The third-order valence-electron chi connectivity index (χ3n) is 10.6. The topological polar surface area (TPSA) is 190 Å². The lowest BCUT2D eigenvalue weighted by molar-refractivity contribution is -0.141. The van der Waals surface area contributed by atoms with Gasteiger partial charge in [0.25, 0.3) is 5.91 Å². The average Bonchev–Trinajstić information content (AvgIpc) is 3.97. The van der Waals surface area contributed by atoms with Crippen LogP contribution in [0.15, 0.2) is 42.6 Å². The van der Waals surface area contributed by atoms with Gasteiger partial charge in [-0.15, -0.1) is 0 Å². The summed E-state index contributed by atoms with van der Waals surface area (Å²) in [7, 11) is -2.64. The number of allylic oxidation sites excluding steroid dienone is 1. The van der Waals surface area contributed by atoms with Gasteiger partial charge in [-0.3, -0.25) is 19.1 Å². The molecule has 6 rings (SSSR count). The molecule has 3 fully saturated rings. The van der Waals surface area contributed by atoms with Gasteiger partial charge in [-0.1, -0.05) is 44.2 Å². The largest absolute Gasteiger partial charge is 0.494 e. The van der Waals surface area contributed by atoms with Crippen LogP contribution in [0.3, 0.4) is 0 Å². The molecule has 3 heterocycles. The number of carbonyl (C=O) groups is 3. The molecule has 0 unspecified atom stereocenters. The molecule has 1 aromatic heterocycles. The highest BCUT2D eigenvalue weighted by Gasteiger charge is 2.63. The molecular formula is C34H45N5O8S. The number of methoxy groups -OCH3 is 1. The molecule has 13 nitrogen and oxygen atoms in total. The molecule has 48 heavy (non-hydrogen) atoms. The van der Waals surface area contributed by atoms with Crippen molar-refractivity contribution in [3.8, 4) is 11.6 Å². The number of nitrogens with two attached hydrogens (primary N) is 1. The first-order chi connectivity index (χ1) is 22.8. The quantitative estimate of drug-likeness (QED) is 0.313. The molecule has 5 N–H and O–H groups in total. The van der Waals surface area contributed by atoms with Crippen molar-refractivity contribution in [1.29, 1.82) is 0 Å². The number of hydrogen-bond acceptors (Lipinski definition) is 10. The molecule has 1 aromatic carbocycles. The Kier molecular flexibility index (Phi) is 9.20. The fraction of sp³-hybridized carbons (Fsp3) is 0.588. The molecule has 4 aliphatic rings. The number of benzene rings is 1. The highest BCUT2D eigenvalue weighted by atomic mass is 32.2. The number of aliphatic hydroxyl groups is 1. The molecule has 2 aliphatic carbocycles. The van der Waals surface area contributed by atoms with Crippen molar-refractivity contribution in [1.82, 2.24) is 19.9 Å². The lowest BCUT2D eigenvalue weighted by Gasteiger charge is -2.30. The first kappa shape index (κ1) is 34.1. The van der Waals surface area contributed by atoms with Crippen molar-refractivity contribution in [2.24, 2.45) is 23.5 Å². The smallest absolute Gasteiger partial charge is 0.259 e. The Morgan fingerprint density at radius 1 is 1.19 bits per heavy atom. The summed E-state index contributed by atoms with van der Waals surface area (Å²) in [5.74, 6) is -1.30. The van der Waals surface area contributed by atoms with E-state index in [0.29, 0.717) is 29.9 Å². The number of aromatic nitrogens is 1. The van der Waals surface area contributed by atoms with E-state index in [0.717, 1.165) is 11.8 Å². The number of rotatable bonds is 7. The van der Waals surface area contributed by atoms with E-state index >= 15 is 0 Å². The molecule has 2 aromatic rings. The molecule has 0 bridgehead atoms. The van der Waals surface area contributed by atoms with Crippen LogP contribution in [-0.4, -0.2) is 89.9 Å². The zero-order valence-electron chi connectivity index (χ0n) is 27.6. The van der Waals surface area contributed by atoms with Gasteiger partial charge in [0.2, 0.25) is 27.7 Å². The van der Waals surface area contributed by atoms with Gasteiger partial charge in [0.1, 0.15) is 28.2 Å². The molecule has 0 spiro atoms. The number of aliphatic hydroxyl groups excluding tert-OH is 1. The second kappa shape index (κ2) is 12.9. The molecule has 14 heteroatoms. The van der Waals surface area contributed by atoms with Crippen molar-refractivity contribution >= 4 is 38.5 Å². The van der Waals surface area contributed by atoms with Crippen molar-refractivity contribution < 1.29 is 37.4 Å². The summed E-state index contributed by atoms with van der Waals surface area (Å²) < 4.78 is 38.8. The maximum absolute atomic E-state index is 14.2. The van der Waals surface area contributed by atoms with Crippen molar-refractivity contribution in [2.45, 2.75) is 87.3 Å². The first-order valence-electron chi connectivity index (χ1n) is 16.7. The summed E-state index contributed by atoms with van der Waals surface area (Å²) in [6, 6.07) is 5.56. The molecule has 2 saturated carbocycles. The number of amides is 3. The number of sulfonamides is 1. The Hall–Kier alpha value is -3.75. The molecule has 2 aliphatic heterocycles. The van der Waals surface area contributed by atoms with E-state index < -0.39 is 68.7 Å². The highest BCUT2D eigenvalue weighted by molar-refractivity contribution is 7.91. The van der Waals surface area contributed by atoms with Crippen molar-refractivity contribution in [2.75, 3.05) is 20.3 Å². The van der Waals surface area contributed by atoms with Gasteiger partial charge >= 0.3 is 0 Å². The number of nitrogens with one attached hydrogen (secondary N) is 2. The van der Waals surface area contributed by atoms with Crippen molar-refractivity contribution in [3.05, 3.63) is 42.6 Å². The molecule has 0 radical (unpaired) electrons. The van der Waals surface area contributed by atoms with E-state index in [1.807, 2.05) is 43.3 Å². The Morgan fingerprint density at radius 3 is 2.60 bits per heavy atom. The zero-order valence-corrected chi connectivity index (χ0v) is 28.4. The number of ether oxygens (including phenoxy) is 2. The normalized spacial score (nSPS) is 31.9. The minimum absolute atomic E-state index is 0.0604. The number of carbonyl (C=O) groups excluding carboxylic acids is 3. The van der Waals surface area contributed by atoms with E-state index in [-0.39, 0.29) is 44.1 Å². The summed E-state index contributed by atoms with van der Waals surface area (Å²) >= 11 is 0. The molecule has 3 amide bonds. The van der Waals surface area contributed by atoms with Gasteiger partial charge in [-0.05, 0) is 56.4 Å². The summed E-state index contributed by atoms with van der Waals surface area (Å²) in [4.78, 5) is 47.8. The standard InChI is InChI=1S/C34H45N5O8S/c1-20-8-4-5-9-22-16-34(22,32(43)38-48(44,45)33(19-40)12-13-33)37-29(41)26-15-23(18-39(26)31(42)28(35)21(2)14-20)47-30-25-11-7-6-10-24(25)27(46-3)17-36-30/h5-7,9-11,17,20-23,26,28,40H,4,8,12-16,18-19,35H2,1-3H3,(H,37,41)(H,38,43)/t20-,21+,22+,23+,26-,28-,34+/m0/s1. The summed E-state index contributed by atoms with van der Waals surface area (Å²) in [5.41, 5.74) is 5.02. The summed E-state index contributed by atoms with van der Waals surface area (Å²) in [6.07, 6.45) is 7.78. The van der Waals surface area contributed by atoms with E-state index in [9.17, 15) is 27.9 Å². The highest BCUT2D eigenvalue weighted by Crippen LogP contribution is 2.47. The zero-order chi connectivity index (χ0) is 34.4. The Morgan fingerprint density at radius 2 is 1.92 bits per heavy atom. The minimum Gasteiger partial charge on any atom is -0.494 e. The molecular weight excluding hydrogens is 638 g/mol. The van der Waals surface area contributed by atoms with Crippen LogP contribution in [0.1, 0.15) is 58.8 Å². The number of pyridine rings is 1. The van der Waals surface area contributed by atoms with Gasteiger partial charge in [-0.25, -0.2) is 13.4 Å². The van der Waals surface area contributed by atoms with Crippen molar-refractivity contribution in [3.63, 3.8) is 0 Å². The van der Waals surface area contributed by atoms with Crippen LogP contribution in [0, 0.1) is 17.8 Å². The molecule has 1 saturated heterocycles. The number of nitrogens with zero attached hydrogens (tertiary/aromatic N) is 2. The fourth-order valence-corrected chi connectivity index (χ4v) is 8.62. The van der Waals surface area contributed by atoms with E-state index in [1.54, 1.807) is 13.3 Å². The third kappa shape index (κ3) is 6.25. The van der Waals surface area contributed by atoms with Gasteiger partial charge < -0.3 is 30.5 Å². The summed E-state index contributed by atoms with van der Waals surface area (Å²) in [6.45, 7) is 3.50. The van der Waals surface area contributed by atoms with Crippen LogP contribution in [-0.2, 0) is 24.4 Å². The second-order valence-electron chi connectivity index (χ2n) is 14.1. The van der Waals surface area contributed by atoms with Gasteiger partial charge in [-0.2, -0.15) is 0 Å². The van der Waals surface area contributed by atoms with Crippen LogP contribution in [0.4, 0.5) is 0 Å². The predicted octanol–water partition coefficient (Wildman–Crippen LogP) is 1.78. The Bertz CT molecular complexity index is 1730. The van der Waals surface area contributed by atoms with Crippen LogP contribution in [0.25, 0.3) is 10.8 Å². The van der Waals surface area contributed by atoms with E-state index in [4.69, 9.17) is 15.2 Å². The maximum atomic E-state index is 14.2. The average molecular weight is 684 g/mol. The monoisotopic (exact) mass is 683 g/mol. The molecule has 260 valence electrons. The lowest BCUT2D eigenvalue weighted by atomic mass is 9.88. The maximum Gasteiger partial charge on any atom is 0.259 e. The van der Waals surface area contributed by atoms with Crippen LogP contribution in [0.5, 0.6) is 11.6 Å². The second-order valence-corrected chi connectivity index (χ2v) is 16.1. The fourth-order valence-electron chi connectivity index (χ4n) is 7.16. The number of hydrogen-bond donors (Lipinski definition) is 4. The van der Waals surface area contributed by atoms with Gasteiger partial charge in [0.15, 0.2) is 0 Å². The Labute approximate surface area is 280 Å². The van der Waals surface area contributed by atoms with Crippen LogP contribution < -0.4 is 25.2 Å². The predicted molar refractivity (Wildman–Crippen MR) is 177 cm³/mol. The van der Waals surface area contributed by atoms with E-state index in [2.05, 4.69) is 21.9 Å². The van der Waals surface area contributed by atoms with Gasteiger partial charge in [0, 0.05) is 23.1 Å². The Balaban J connectivity index is 1.30. The number of fused-ring (bicyclic) bond motifs is 3. The third-order valence-corrected chi connectivity index (χ3v) is 12.7. The first-order valence-corrected chi connectivity index (χ1v) is 18.1. The lowest BCUT2D eigenvalue weighted by Crippen LogP contribution is -2.58. The van der Waals surface area contributed by atoms with Crippen LogP contribution >= 0.6 is 0 Å².